The Hall–Kier alpha value is -7.94. The molecule has 306 valence electrons. The molecule has 0 aliphatic heterocycles. The lowest BCUT2D eigenvalue weighted by Crippen LogP contribution is -2.14. The second kappa shape index (κ2) is 13.5. The normalized spacial score (nSPS) is 13.9. The maximum absolute atomic E-state index is 2.52. The van der Waals surface area contributed by atoms with Crippen molar-refractivity contribution in [3.05, 3.63) is 222 Å². The van der Waals surface area contributed by atoms with Gasteiger partial charge in [-0.25, -0.2) is 0 Å². The highest BCUT2D eigenvalue weighted by molar-refractivity contribution is 6.20. The van der Waals surface area contributed by atoms with E-state index in [1.54, 1.807) is 0 Å². The summed E-state index contributed by atoms with van der Waals surface area (Å²) >= 11 is 0. The van der Waals surface area contributed by atoms with E-state index in [4.69, 9.17) is 0 Å². The van der Waals surface area contributed by atoms with E-state index in [9.17, 15) is 0 Å². The van der Waals surface area contributed by atoms with Crippen LogP contribution in [0.4, 0.5) is 0 Å². The summed E-state index contributed by atoms with van der Waals surface area (Å²) in [5.41, 5.74) is 20.4. The van der Waals surface area contributed by atoms with Crippen molar-refractivity contribution in [1.29, 1.82) is 0 Å². The third kappa shape index (κ3) is 5.17. The van der Waals surface area contributed by atoms with Crippen molar-refractivity contribution in [1.82, 2.24) is 9.13 Å². The van der Waals surface area contributed by atoms with E-state index in [2.05, 4.69) is 229 Å². The molecule has 2 aromatic heterocycles. The van der Waals surface area contributed by atoms with Gasteiger partial charge in [0.15, 0.2) is 0 Å². The van der Waals surface area contributed by atoms with Crippen molar-refractivity contribution in [3.63, 3.8) is 0 Å². The first-order valence-electron chi connectivity index (χ1n) is 23.1. The van der Waals surface area contributed by atoms with Gasteiger partial charge in [0.1, 0.15) is 0 Å². The number of para-hydroxylation sites is 3. The van der Waals surface area contributed by atoms with Crippen LogP contribution in [0.25, 0.3) is 116 Å². The van der Waals surface area contributed by atoms with Crippen molar-refractivity contribution < 1.29 is 0 Å². The van der Waals surface area contributed by atoms with Gasteiger partial charge in [-0.2, -0.15) is 0 Å². The highest BCUT2D eigenvalue weighted by Crippen LogP contribution is 2.51. The Kier molecular flexibility index (Phi) is 7.61. The Morgan fingerprint density at radius 1 is 0.385 bits per heavy atom. The van der Waals surface area contributed by atoms with Gasteiger partial charge in [-0.3, -0.25) is 0 Å². The highest BCUT2D eigenvalue weighted by atomic mass is 15.0. The number of benzene rings is 10. The smallest absolute Gasteiger partial charge is 0.0541 e. The Bertz CT molecular complexity index is 4020. The maximum atomic E-state index is 2.52. The minimum Gasteiger partial charge on any atom is -0.309 e. The van der Waals surface area contributed by atoms with Gasteiger partial charge in [-0.05, 0) is 157 Å². The van der Waals surface area contributed by atoms with Crippen LogP contribution in [0.5, 0.6) is 0 Å². The number of hydrogen-bond donors (Lipinski definition) is 0. The molecule has 65 heavy (non-hydrogen) atoms. The minimum atomic E-state index is -0.104. The van der Waals surface area contributed by atoms with Crippen LogP contribution in [0.2, 0.25) is 0 Å². The summed E-state index contributed by atoms with van der Waals surface area (Å²) in [6.45, 7) is 4.78. The number of aryl methyl sites for hydroxylation is 1. The molecule has 10 aromatic carbocycles. The summed E-state index contributed by atoms with van der Waals surface area (Å²) in [5, 5.41) is 10.4. The van der Waals surface area contributed by atoms with Gasteiger partial charge in [0, 0.05) is 38.3 Å². The van der Waals surface area contributed by atoms with Crippen LogP contribution < -0.4 is 0 Å². The Morgan fingerprint density at radius 2 is 0.954 bits per heavy atom. The second-order valence-electron chi connectivity index (χ2n) is 18.7. The van der Waals surface area contributed by atoms with Gasteiger partial charge >= 0.3 is 0 Å². The molecule has 14 rings (SSSR count). The zero-order valence-corrected chi connectivity index (χ0v) is 36.4. The first-order valence-corrected chi connectivity index (χ1v) is 23.1. The third-order valence-corrected chi connectivity index (χ3v) is 15.0. The van der Waals surface area contributed by atoms with Crippen LogP contribution >= 0.6 is 0 Å². The molecule has 0 saturated carbocycles. The molecular formula is C63H44N2. The fraction of sp³-hybridized carbons (Fsp3) is 0.0794. The number of allylic oxidation sites excluding steroid dienone is 1. The van der Waals surface area contributed by atoms with Crippen LogP contribution in [0.3, 0.4) is 0 Å². The first-order chi connectivity index (χ1) is 32.0. The summed E-state index contributed by atoms with van der Waals surface area (Å²) in [7, 11) is 0. The maximum Gasteiger partial charge on any atom is 0.0541 e. The van der Waals surface area contributed by atoms with Crippen molar-refractivity contribution in [2.45, 2.75) is 32.1 Å². The molecular weight excluding hydrogens is 785 g/mol. The van der Waals surface area contributed by atoms with E-state index < -0.39 is 0 Å². The van der Waals surface area contributed by atoms with Gasteiger partial charge in [0.25, 0.3) is 0 Å². The molecule has 0 saturated heterocycles. The molecule has 2 heteroatoms. The van der Waals surface area contributed by atoms with Gasteiger partial charge in [-0.15, -0.1) is 0 Å². The Morgan fingerprint density at radius 3 is 1.68 bits per heavy atom. The number of aromatic nitrogens is 2. The van der Waals surface area contributed by atoms with E-state index in [0.29, 0.717) is 0 Å². The molecule has 0 N–H and O–H groups in total. The average Bonchev–Trinajstić information content (AvgIpc) is 3.96. The Balaban J connectivity index is 1.01. The van der Waals surface area contributed by atoms with E-state index in [-0.39, 0.29) is 5.41 Å². The molecule has 0 bridgehead atoms. The van der Waals surface area contributed by atoms with Gasteiger partial charge in [0.05, 0.1) is 22.1 Å². The largest absolute Gasteiger partial charge is 0.309 e. The van der Waals surface area contributed by atoms with Crippen molar-refractivity contribution in [2.24, 2.45) is 0 Å². The number of nitrogens with zero attached hydrogens (tertiary/aromatic N) is 2. The topological polar surface area (TPSA) is 9.86 Å². The first kappa shape index (κ1) is 36.5. The molecule has 0 spiro atoms. The lowest BCUT2D eigenvalue weighted by atomic mass is 9.80. The molecule has 12 aromatic rings. The van der Waals surface area contributed by atoms with Crippen LogP contribution in [0.15, 0.2) is 200 Å². The molecule has 0 unspecified atom stereocenters. The molecule has 2 aliphatic rings. The summed E-state index contributed by atoms with van der Waals surface area (Å²) in [4.78, 5) is 0. The van der Waals surface area contributed by atoms with Crippen LogP contribution in [0.1, 0.15) is 42.5 Å². The molecule has 0 atom stereocenters. The fourth-order valence-electron chi connectivity index (χ4n) is 12.0. The molecule has 2 aliphatic carbocycles. The molecule has 2 nitrogen and oxygen atoms in total. The molecule has 2 heterocycles. The summed E-state index contributed by atoms with van der Waals surface area (Å²) in [6, 6.07) is 72.9. The molecule has 0 fully saturated rings. The minimum absolute atomic E-state index is 0.104. The quantitative estimate of drug-likeness (QED) is 0.156. The van der Waals surface area contributed by atoms with Crippen molar-refractivity contribution in [2.75, 3.05) is 0 Å². The van der Waals surface area contributed by atoms with Crippen LogP contribution in [-0.4, -0.2) is 9.13 Å². The lowest BCUT2D eigenvalue weighted by molar-refractivity contribution is 0.660. The number of hydrogen-bond acceptors (Lipinski definition) is 0. The van der Waals surface area contributed by atoms with Crippen LogP contribution in [-0.2, 0) is 11.8 Å². The average molecular weight is 829 g/mol. The van der Waals surface area contributed by atoms with Crippen LogP contribution in [0, 0.1) is 0 Å². The highest BCUT2D eigenvalue weighted by Gasteiger charge is 2.35. The molecule has 0 amide bonds. The third-order valence-electron chi connectivity index (χ3n) is 15.0. The summed E-state index contributed by atoms with van der Waals surface area (Å²) in [5.74, 6) is 0. The summed E-state index contributed by atoms with van der Waals surface area (Å²) in [6.07, 6.45) is 6.88. The Labute approximate surface area is 377 Å². The van der Waals surface area contributed by atoms with E-state index in [0.717, 1.165) is 12.8 Å². The number of fused-ring (bicyclic) bond motifs is 15. The lowest BCUT2D eigenvalue weighted by Gasteiger charge is -2.24. The van der Waals surface area contributed by atoms with Gasteiger partial charge in [0.2, 0.25) is 0 Å². The van der Waals surface area contributed by atoms with Gasteiger partial charge < -0.3 is 9.13 Å². The number of rotatable bonds is 4. The zero-order chi connectivity index (χ0) is 43.0. The van der Waals surface area contributed by atoms with E-state index in [1.807, 2.05) is 0 Å². The standard InChI is InChI=1S/C63H44N2/c1-63(2)56-25-13-10-21-47(56)48-31-28-41(36-57(48)63)52-37-43(38-55-46-20-7-6-18-44(46)45-19-8-9-24-51(45)62(52)55)65-59-27-15-12-23-50(59)54-35-40(30-33-61(54)65)39-29-32-60-53(34-39)49-22-11-14-26-58(49)64(60)42-16-4-3-5-17-42/h3-5,7-17,19-38H,6,18H2,1-2H3. The molecule has 0 radical (unpaired) electrons. The van der Waals surface area contributed by atoms with Gasteiger partial charge in [-0.1, -0.05) is 153 Å². The van der Waals surface area contributed by atoms with Crippen molar-refractivity contribution >= 4 is 71.2 Å². The van der Waals surface area contributed by atoms with E-state index in [1.165, 1.54) is 132 Å². The SMILES string of the molecule is CC1(C)c2ccccc2-c2ccc(-c3cc(-n4c5ccccc5c5cc(-c6ccc7c(c6)c6ccccc6n7-c6ccccc6)ccc54)cc4c5c(c6ccccc6c34)CCC=C5)cc21. The monoisotopic (exact) mass is 828 g/mol. The summed E-state index contributed by atoms with van der Waals surface area (Å²) < 4.78 is 4.91. The van der Waals surface area contributed by atoms with Crippen molar-refractivity contribution in [3.8, 4) is 44.8 Å². The fourth-order valence-corrected chi connectivity index (χ4v) is 12.0. The second-order valence-corrected chi connectivity index (χ2v) is 18.7. The van der Waals surface area contributed by atoms with E-state index >= 15 is 0 Å². The predicted octanol–water partition coefficient (Wildman–Crippen LogP) is 16.8. The predicted molar refractivity (Wildman–Crippen MR) is 276 cm³/mol. The zero-order valence-electron chi connectivity index (χ0n) is 36.4.